The van der Waals surface area contributed by atoms with Gasteiger partial charge in [0.25, 0.3) is 0 Å². The van der Waals surface area contributed by atoms with Gasteiger partial charge in [0.05, 0.1) is 25.8 Å². The predicted molar refractivity (Wildman–Crippen MR) is 86.8 cm³/mol. The molecular weight excluding hydrogens is 294 g/mol. The molecule has 0 aliphatic rings. The van der Waals surface area contributed by atoms with Crippen LogP contribution in [-0.4, -0.2) is 41.1 Å². The number of carbonyl (C=O) groups is 1. The number of aryl methyl sites for hydroxylation is 1. The number of carbonyl (C=O) groups excluding carboxylic acids is 1. The molecule has 0 aliphatic carbocycles. The van der Waals surface area contributed by atoms with Crippen molar-refractivity contribution in [3.8, 4) is 0 Å². The zero-order chi connectivity index (χ0) is 16.7. The van der Waals surface area contributed by atoms with Crippen molar-refractivity contribution in [1.29, 1.82) is 0 Å². The Hall–Kier alpha value is -2.18. The molecule has 6 nitrogen and oxygen atoms in total. The highest BCUT2D eigenvalue weighted by Gasteiger charge is 2.33. The van der Waals surface area contributed by atoms with Crippen molar-refractivity contribution in [3.63, 3.8) is 0 Å². The van der Waals surface area contributed by atoms with E-state index in [4.69, 9.17) is 4.74 Å². The lowest BCUT2D eigenvalue weighted by Gasteiger charge is -2.33. The highest BCUT2D eigenvalue weighted by molar-refractivity contribution is 5.79. The zero-order valence-electron chi connectivity index (χ0n) is 13.5. The molecule has 0 saturated heterocycles. The molecule has 0 bridgehead atoms. The monoisotopic (exact) mass is 317 g/mol. The molecule has 1 amide bonds. The van der Waals surface area contributed by atoms with Crippen LogP contribution in [0.4, 0.5) is 0 Å². The van der Waals surface area contributed by atoms with E-state index in [2.05, 4.69) is 10.4 Å². The lowest BCUT2D eigenvalue weighted by Crippen LogP contribution is -2.52. The van der Waals surface area contributed by atoms with Gasteiger partial charge in [-0.1, -0.05) is 30.3 Å². The number of hydrogen-bond donors (Lipinski definition) is 2. The third kappa shape index (κ3) is 4.18. The molecule has 1 aromatic carbocycles. The second-order valence-electron chi connectivity index (χ2n) is 5.47. The predicted octanol–water partition coefficient (Wildman–Crippen LogP) is 1.10. The van der Waals surface area contributed by atoms with Gasteiger partial charge in [-0.3, -0.25) is 9.48 Å². The molecule has 0 saturated carbocycles. The lowest BCUT2D eigenvalue weighted by atomic mass is 9.91. The summed E-state index contributed by atoms with van der Waals surface area (Å²) in [5.41, 5.74) is 0.692. The van der Waals surface area contributed by atoms with Gasteiger partial charge in [0.15, 0.2) is 0 Å². The van der Waals surface area contributed by atoms with E-state index >= 15 is 0 Å². The van der Waals surface area contributed by atoms with E-state index < -0.39 is 5.54 Å². The Balaban J connectivity index is 2.15. The number of aliphatic hydroxyl groups excluding tert-OH is 1. The summed E-state index contributed by atoms with van der Waals surface area (Å²) in [5.74, 6) is -0.185. The summed E-state index contributed by atoms with van der Waals surface area (Å²) < 4.78 is 7.01. The summed E-state index contributed by atoms with van der Waals surface area (Å²) in [6.07, 6.45) is 3.74. The van der Waals surface area contributed by atoms with Crippen molar-refractivity contribution in [2.24, 2.45) is 0 Å². The summed E-state index contributed by atoms with van der Waals surface area (Å²) in [6, 6.07) is 9.36. The van der Waals surface area contributed by atoms with Crippen LogP contribution < -0.4 is 5.32 Å². The number of rotatable bonds is 8. The molecule has 2 N–H and O–H groups in total. The Morgan fingerprint density at radius 2 is 2.13 bits per heavy atom. The number of nitrogens with zero attached hydrogens (tertiary/aromatic N) is 2. The fourth-order valence-electron chi connectivity index (χ4n) is 2.54. The van der Waals surface area contributed by atoms with Crippen molar-refractivity contribution in [2.75, 3.05) is 20.3 Å². The van der Waals surface area contributed by atoms with E-state index in [1.54, 1.807) is 18.0 Å². The fourth-order valence-corrected chi connectivity index (χ4v) is 2.54. The molecule has 2 rings (SSSR count). The van der Waals surface area contributed by atoms with Crippen LogP contribution in [0.25, 0.3) is 0 Å². The lowest BCUT2D eigenvalue weighted by molar-refractivity contribution is -0.124. The normalized spacial score (nSPS) is 13.5. The molecular formula is C17H23N3O3. The molecule has 124 valence electrons. The van der Waals surface area contributed by atoms with Crippen LogP contribution in [0.2, 0.25) is 0 Å². The van der Waals surface area contributed by atoms with E-state index in [0.717, 1.165) is 17.7 Å². The SMILES string of the molecule is CCn1cc(CC(=O)NC(CO)(COC)c2ccccc2)cn1. The number of hydrogen-bond acceptors (Lipinski definition) is 4. The first-order valence-corrected chi connectivity index (χ1v) is 7.61. The minimum Gasteiger partial charge on any atom is -0.393 e. The van der Waals surface area contributed by atoms with Gasteiger partial charge in [-0.15, -0.1) is 0 Å². The zero-order valence-corrected chi connectivity index (χ0v) is 13.5. The van der Waals surface area contributed by atoms with Crippen LogP contribution >= 0.6 is 0 Å². The van der Waals surface area contributed by atoms with Gasteiger partial charge in [0.2, 0.25) is 5.91 Å². The third-order valence-electron chi connectivity index (χ3n) is 3.74. The van der Waals surface area contributed by atoms with Gasteiger partial charge in [-0.05, 0) is 18.1 Å². The van der Waals surface area contributed by atoms with Gasteiger partial charge in [-0.2, -0.15) is 5.10 Å². The summed E-state index contributed by atoms with van der Waals surface area (Å²) in [5, 5.41) is 17.0. The first-order valence-electron chi connectivity index (χ1n) is 7.61. The Bertz CT molecular complexity index is 627. The number of benzene rings is 1. The van der Waals surface area contributed by atoms with Crippen molar-refractivity contribution in [1.82, 2.24) is 15.1 Å². The standard InChI is InChI=1S/C17H23N3O3/c1-3-20-11-14(10-18-20)9-16(22)19-17(12-21,13-23-2)15-7-5-4-6-8-15/h4-8,10-11,21H,3,9,12-13H2,1-2H3,(H,19,22). The van der Waals surface area contributed by atoms with Gasteiger partial charge in [0, 0.05) is 19.9 Å². The maximum Gasteiger partial charge on any atom is 0.225 e. The average molecular weight is 317 g/mol. The van der Waals surface area contributed by atoms with Gasteiger partial charge >= 0.3 is 0 Å². The minimum atomic E-state index is -0.951. The Morgan fingerprint density at radius 3 is 2.70 bits per heavy atom. The molecule has 1 aromatic heterocycles. The Labute approximate surface area is 136 Å². The average Bonchev–Trinajstić information content (AvgIpc) is 3.02. The summed E-state index contributed by atoms with van der Waals surface area (Å²) >= 11 is 0. The van der Waals surface area contributed by atoms with Crippen LogP contribution in [0.15, 0.2) is 42.7 Å². The van der Waals surface area contributed by atoms with Gasteiger partial charge in [0.1, 0.15) is 5.54 Å². The number of aromatic nitrogens is 2. The van der Waals surface area contributed by atoms with Crippen molar-refractivity contribution in [2.45, 2.75) is 25.4 Å². The number of ether oxygens (including phenoxy) is 1. The maximum absolute atomic E-state index is 12.4. The molecule has 2 aromatic rings. The largest absolute Gasteiger partial charge is 0.393 e. The molecule has 0 radical (unpaired) electrons. The second kappa shape index (κ2) is 7.89. The molecule has 6 heteroatoms. The van der Waals surface area contributed by atoms with Crippen molar-refractivity contribution >= 4 is 5.91 Å². The van der Waals surface area contributed by atoms with Crippen molar-refractivity contribution < 1.29 is 14.6 Å². The first kappa shape index (κ1) is 17.2. The molecule has 0 fully saturated rings. The van der Waals surface area contributed by atoms with E-state index in [9.17, 15) is 9.90 Å². The second-order valence-corrected chi connectivity index (χ2v) is 5.47. The highest BCUT2D eigenvalue weighted by atomic mass is 16.5. The van der Waals surface area contributed by atoms with Crippen molar-refractivity contribution in [3.05, 3.63) is 53.9 Å². The molecule has 1 unspecified atom stereocenters. The van der Waals surface area contributed by atoms with Crippen LogP contribution in [0.5, 0.6) is 0 Å². The van der Waals surface area contributed by atoms with E-state index in [-0.39, 0.29) is 25.5 Å². The van der Waals surface area contributed by atoms with Crippen LogP contribution in [0.1, 0.15) is 18.1 Å². The maximum atomic E-state index is 12.4. The van der Waals surface area contributed by atoms with Gasteiger partial charge in [-0.25, -0.2) is 0 Å². The highest BCUT2D eigenvalue weighted by Crippen LogP contribution is 2.21. The third-order valence-corrected chi connectivity index (χ3v) is 3.74. The molecule has 1 heterocycles. The molecule has 0 spiro atoms. The van der Waals surface area contributed by atoms with Crippen LogP contribution in [0, 0.1) is 0 Å². The van der Waals surface area contributed by atoms with E-state index in [1.165, 1.54) is 0 Å². The Morgan fingerprint density at radius 1 is 1.39 bits per heavy atom. The summed E-state index contributed by atoms with van der Waals surface area (Å²) in [7, 11) is 1.55. The number of nitrogens with one attached hydrogen (secondary N) is 1. The van der Waals surface area contributed by atoms with E-state index in [0.29, 0.717) is 0 Å². The number of methoxy groups -OCH3 is 1. The van der Waals surface area contributed by atoms with Crippen LogP contribution in [-0.2, 0) is 28.0 Å². The van der Waals surface area contributed by atoms with Crippen LogP contribution in [0.3, 0.4) is 0 Å². The molecule has 1 atom stereocenters. The minimum absolute atomic E-state index is 0.185. The number of aliphatic hydroxyl groups is 1. The first-order chi connectivity index (χ1) is 11.1. The topological polar surface area (TPSA) is 76.4 Å². The molecule has 23 heavy (non-hydrogen) atoms. The smallest absolute Gasteiger partial charge is 0.225 e. The number of amides is 1. The fraction of sp³-hybridized carbons (Fsp3) is 0.412. The summed E-state index contributed by atoms with van der Waals surface area (Å²) in [6.45, 7) is 2.69. The van der Waals surface area contributed by atoms with E-state index in [1.807, 2.05) is 43.5 Å². The van der Waals surface area contributed by atoms with Gasteiger partial charge < -0.3 is 15.2 Å². The quantitative estimate of drug-likeness (QED) is 0.764. The summed E-state index contributed by atoms with van der Waals surface area (Å²) in [4.78, 5) is 12.4. The molecule has 0 aliphatic heterocycles. The Kier molecular flexibility index (Phi) is 5.90.